The maximum atomic E-state index is 13.1. The van der Waals surface area contributed by atoms with Gasteiger partial charge in [0.1, 0.15) is 0 Å². The van der Waals surface area contributed by atoms with Crippen molar-refractivity contribution in [1.82, 2.24) is 4.90 Å². The van der Waals surface area contributed by atoms with E-state index in [2.05, 4.69) is 24.1 Å². The Morgan fingerprint density at radius 3 is 2.58 bits per heavy atom. The van der Waals surface area contributed by atoms with Gasteiger partial charge in [0.05, 0.1) is 15.6 Å². The number of carboxylic acids is 1. The minimum Gasteiger partial charge on any atom is -0.478 e. The Kier molecular flexibility index (Phi) is 5.54. The molecule has 0 amide bonds. The van der Waals surface area contributed by atoms with E-state index in [4.69, 9.17) is 0 Å². The van der Waals surface area contributed by atoms with Crippen molar-refractivity contribution in [2.75, 3.05) is 31.5 Å². The Morgan fingerprint density at radius 2 is 1.88 bits per heavy atom. The number of anilines is 1. The molecule has 2 N–H and O–H groups in total. The van der Waals surface area contributed by atoms with Crippen LogP contribution in [0.1, 0.15) is 24.2 Å². The summed E-state index contributed by atoms with van der Waals surface area (Å²) in [5.41, 5.74) is 0.745. The van der Waals surface area contributed by atoms with Crippen molar-refractivity contribution in [3.05, 3.63) is 52.2 Å². The molecule has 0 aliphatic carbocycles. The van der Waals surface area contributed by atoms with Gasteiger partial charge >= 0.3 is 5.97 Å². The molecular formula is C20H22N2O3S. The van der Waals surface area contributed by atoms with E-state index in [0.29, 0.717) is 27.7 Å². The maximum absolute atomic E-state index is 13.1. The molecule has 0 radical (unpaired) electrons. The molecule has 136 valence electrons. The van der Waals surface area contributed by atoms with Gasteiger partial charge in [-0.25, -0.2) is 4.79 Å². The third-order valence-electron chi connectivity index (χ3n) is 4.60. The van der Waals surface area contributed by atoms with Gasteiger partial charge in [-0.3, -0.25) is 4.79 Å². The molecular weight excluding hydrogens is 348 g/mol. The van der Waals surface area contributed by atoms with Gasteiger partial charge in [0.2, 0.25) is 0 Å². The third kappa shape index (κ3) is 3.43. The van der Waals surface area contributed by atoms with E-state index < -0.39 is 5.97 Å². The molecule has 5 nitrogen and oxygen atoms in total. The fourth-order valence-corrected chi connectivity index (χ4v) is 4.31. The molecule has 1 heterocycles. The second-order valence-corrected chi connectivity index (χ2v) is 7.10. The smallest absolute Gasteiger partial charge is 0.337 e. The number of hydrogen-bond acceptors (Lipinski definition) is 5. The molecule has 0 bridgehead atoms. The van der Waals surface area contributed by atoms with Gasteiger partial charge < -0.3 is 15.3 Å². The number of benzene rings is 2. The average Bonchev–Trinajstić information content (AvgIpc) is 2.65. The summed E-state index contributed by atoms with van der Waals surface area (Å²) in [7, 11) is 0. The van der Waals surface area contributed by atoms with Crippen molar-refractivity contribution in [2.45, 2.75) is 13.8 Å². The summed E-state index contributed by atoms with van der Waals surface area (Å²) in [4.78, 5) is 27.0. The highest BCUT2D eigenvalue weighted by molar-refractivity contribution is 7.25. The van der Waals surface area contributed by atoms with Gasteiger partial charge in [-0.15, -0.1) is 11.3 Å². The summed E-state index contributed by atoms with van der Waals surface area (Å²) in [6.45, 7) is 7.72. The van der Waals surface area contributed by atoms with Crippen molar-refractivity contribution in [2.24, 2.45) is 0 Å². The van der Waals surface area contributed by atoms with Gasteiger partial charge in [-0.2, -0.15) is 0 Å². The molecule has 0 saturated carbocycles. The van der Waals surface area contributed by atoms with Crippen molar-refractivity contribution in [1.29, 1.82) is 0 Å². The number of nitrogens with one attached hydrogen (secondary N) is 1. The molecule has 26 heavy (non-hydrogen) atoms. The first-order valence-corrected chi connectivity index (χ1v) is 9.56. The quantitative estimate of drug-likeness (QED) is 0.618. The Morgan fingerprint density at radius 1 is 1.15 bits per heavy atom. The predicted molar refractivity (Wildman–Crippen MR) is 109 cm³/mol. The maximum Gasteiger partial charge on any atom is 0.337 e. The molecule has 0 unspecified atom stereocenters. The van der Waals surface area contributed by atoms with Crippen LogP contribution in [0.3, 0.4) is 0 Å². The topological polar surface area (TPSA) is 69.6 Å². The zero-order valence-electron chi connectivity index (χ0n) is 14.9. The Labute approximate surface area is 155 Å². The zero-order valence-corrected chi connectivity index (χ0v) is 15.7. The van der Waals surface area contributed by atoms with E-state index in [1.807, 2.05) is 18.2 Å². The highest BCUT2D eigenvalue weighted by Crippen LogP contribution is 2.32. The summed E-state index contributed by atoms with van der Waals surface area (Å²) >= 11 is 1.35. The number of aromatic carboxylic acids is 1. The first kappa shape index (κ1) is 18.4. The number of nitrogens with zero attached hydrogens (tertiary/aromatic N) is 1. The van der Waals surface area contributed by atoms with Crippen LogP contribution in [-0.4, -0.2) is 42.2 Å². The largest absolute Gasteiger partial charge is 0.478 e. The van der Waals surface area contributed by atoms with Crippen molar-refractivity contribution in [3.63, 3.8) is 0 Å². The highest BCUT2D eigenvalue weighted by Gasteiger charge is 2.17. The molecule has 3 aromatic rings. The molecule has 0 aliphatic rings. The first-order chi connectivity index (χ1) is 12.6. The first-order valence-electron chi connectivity index (χ1n) is 8.74. The number of fused-ring (bicyclic) bond motifs is 2. The van der Waals surface area contributed by atoms with Crippen LogP contribution in [0.4, 0.5) is 5.69 Å². The lowest BCUT2D eigenvalue weighted by molar-refractivity contribution is 0.0699. The number of carboxylic acid groups (broad SMARTS) is 1. The number of likely N-dealkylation sites (N-methyl/N-ethyl adjacent to an activating group) is 1. The summed E-state index contributed by atoms with van der Waals surface area (Å²) in [6.07, 6.45) is 0. The summed E-state index contributed by atoms with van der Waals surface area (Å²) in [5.74, 6) is -1.02. The summed E-state index contributed by atoms with van der Waals surface area (Å²) in [6, 6.07) is 10.6. The van der Waals surface area contributed by atoms with Gasteiger partial charge in [-0.05, 0) is 37.4 Å². The Balaban J connectivity index is 2.12. The van der Waals surface area contributed by atoms with Gasteiger partial charge in [0.25, 0.3) is 0 Å². The number of carbonyl (C=O) groups is 1. The third-order valence-corrected chi connectivity index (χ3v) is 5.80. The van der Waals surface area contributed by atoms with Crippen LogP contribution in [0.25, 0.3) is 20.2 Å². The zero-order chi connectivity index (χ0) is 18.7. The van der Waals surface area contributed by atoms with E-state index >= 15 is 0 Å². The molecule has 3 rings (SSSR count). The van der Waals surface area contributed by atoms with Gasteiger partial charge in [0.15, 0.2) is 5.43 Å². The molecule has 0 atom stereocenters. The van der Waals surface area contributed by atoms with E-state index in [9.17, 15) is 14.7 Å². The number of rotatable bonds is 7. The fourth-order valence-electron chi connectivity index (χ4n) is 3.11. The lowest BCUT2D eigenvalue weighted by atomic mass is 10.1. The SMILES string of the molecule is CCN(CC)CCNc1ccc(C(=O)O)c2sc3ccccc3c(=O)c12. The van der Waals surface area contributed by atoms with Crippen molar-refractivity contribution in [3.8, 4) is 0 Å². The molecule has 0 aliphatic heterocycles. The van der Waals surface area contributed by atoms with Crippen LogP contribution in [0, 0.1) is 0 Å². The minimum absolute atomic E-state index is 0.122. The fraction of sp³-hybridized carbons (Fsp3) is 0.300. The molecule has 0 fully saturated rings. The van der Waals surface area contributed by atoms with Crippen molar-refractivity contribution >= 4 is 43.2 Å². The van der Waals surface area contributed by atoms with E-state index in [0.717, 1.165) is 24.3 Å². The predicted octanol–water partition coefficient (Wildman–Crippen LogP) is 3.87. The number of hydrogen-bond donors (Lipinski definition) is 2. The second kappa shape index (κ2) is 7.85. The van der Waals surface area contributed by atoms with E-state index in [1.54, 1.807) is 18.2 Å². The average molecular weight is 370 g/mol. The molecule has 6 heteroatoms. The molecule has 2 aromatic carbocycles. The second-order valence-electron chi connectivity index (χ2n) is 6.05. The lowest BCUT2D eigenvalue weighted by Gasteiger charge is -2.19. The van der Waals surface area contributed by atoms with Gasteiger partial charge in [0, 0.05) is 28.9 Å². The Hall–Kier alpha value is -2.44. The molecule has 0 saturated heterocycles. The van der Waals surface area contributed by atoms with Crippen LogP contribution < -0.4 is 10.7 Å². The van der Waals surface area contributed by atoms with Crippen LogP contribution in [0.2, 0.25) is 0 Å². The van der Waals surface area contributed by atoms with Crippen LogP contribution in [-0.2, 0) is 0 Å². The minimum atomic E-state index is -1.02. The standard InChI is InChI=1S/C20H22N2O3S/c1-3-22(4-2)12-11-21-15-10-9-14(20(24)25)19-17(15)18(23)13-7-5-6-8-16(13)26-19/h5-10,21H,3-4,11-12H2,1-2H3,(H,24,25). The summed E-state index contributed by atoms with van der Waals surface area (Å²) in [5, 5.41) is 13.9. The highest BCUT2D eigenvalue weighted by atomic mass is 32.1. The molecule has 0 spiro atoms. The van der Waals surface area contributed by atoms with Gasteiger partial charge in [-0.1, -0.05) is 26.0 Å². The van der Waals surface area contributed by atoms with Crippen molar-refractivity contribution < 1.29 is 9.90 Å². The van der Waals surface area contributed by atoms with E-state index in [-0.39, 0.29) is 11.0 Å². The summed E-state index contributed by atoms with van der Waals surface area (Å²) < 4.78 is 1.32. The lowest BCUT2D eigenvalue weighted by Crippen LogP contribution is -2.28. The van der Waals surface area contributed by atoms with Crippen LogP contribution in [0.5, 0.6) is 0 Å². The van der Waals surface area contributed by atoms with Crippen LogP contribution >= 0.6 is 11.3 Å². The Bertz CT molecular complexity index is 1010. The van der Waals surface area contributed by atoms with Crippen LogP contribution in [0.15, 0.2) is 41.2 Å². The normalized spacial score (nSPS) is 11.3. The van der Waals surface area contributed by atoms with E-state index in [1.165, 1.54) is 11.3 Å². The molecule has 1 aromatic heterocycles. The monoisotopic (exact) mass is 370 g/mol.